The largest absolute Gasteiger partial charge is 0.493 e. The highest BCUT2D eigenvalue weighted by Gasteiger charge is 2.14. The van der Waals surface area contributed by atoms with E-state index in [2.05, 4.69) is 22.2 Å². The Morgan fingerprint density at radius 3 is 2.62 bits per heavy atom. The number of aromatic nitrogens is 2. The molecular formula is C16H21N3O2. The fourth-order valence-corrected chi connectivity index (χ4v) is 2.10. The molecule has 1 aromatic carbocycles. The molecule has 2 aromatic rings. The Bertz CT molecular complexity index is 614. The Hall–Kier alpha value is -2.30. The molecular weight excluding hydrogens is 266 g/mol. The van der Waals surface area contributed by atoms with Gasteiger partial charge in [0, 0.05) is 18.3 Å². The highest BCUT2D eigenvalue weighted by atomic mass is 16.5. The molecule has 0 bridgehead atoms. The second-order valence-corrected chi connectivity index (χ2v) is 4.69. The maximum atomic E-state index is 5.46. The van der Waals surface area contributed by atoms with Crippen molar-refractivity contribution in [3.05, 3.63) is 30.0 Å². The van der Waals surface area contributed by atoms with E-state index in [0.717, 1.165) is 30.0 Å². The third kappa shape index (κ3) is 3.42. The number of anilines is 1. The average molecular weight is 287 g/mol. The lowest BCUT2D eigenvalue weighted by Gasteiger charge is -2.13. The van der Waals surface area contributed by atoms with Crippen molar-refractivity contribution >= 4 is 5.82 Å². The van der Waals surface area contributed by atoms with Gasteiger partial charge < -0.3 is 14.8 Å². The van der Waals surface area contributed by atoms with E-state index in [4.69, 9.17) is 9.47 Å². The fourth-order valence-electron chi connectivity index (χ4n) is 2.10. The molecule has 0 amide bonds. The van der Waals surface area contributed by atoms with E-state index in [1.807, 2.05) is 31.2 Å². The summed E-state index contributed by atoms with van der Waals surface area (Å²) < 4.78 is 10.8. The summed E-state index contributed by atoms with van der Waals surface area (Å²) in [6.07, 6.45) is 1.04. The van der Waals surface area contributed by atoms with Crippen LogP contribution >= 0.6 is 0 Å². The van der Waals surface area contributed by atoms with Crippen LogP contribution in [0.4, 0.5) is 5.82 Å². The van der Waals surface area contributed by atoms with Gasteiger partial charge in [-0.05, 0) is 25.5 Å². The highest BCUT2D eigenvalue weighted by Crippen LogP contribution is 2.36. The van der Waals surface area contributed by atoms with Crippen LogP contribution in [-0.2, 0) is 0 Å². The zero-order chi connectivity index (χ0) is 15.2. The van der Waals surface area contributed by atoms with Gasteiger partial charge in [-0.2, -0.15) is 0 Å². The van der Waals surface area contributed by atoms with E-state index in [0.29, 0.717) is 17.3 Å². The summed E-state index contributed by atoms with van der Waals surface area (Å²) in [7, 11) is 3.24. The lowest BCUT2D eigenvalue weighted by molar-refractivity contribution is 0.356. The van der Waals surface area contributed by atoms with E-state index in [-0.39, 0.29) is 0 Å². The van der Waals surface area contributed by atoms with Gasteiger partial charge in [0.2, 0.25) is 0 Å². The summed E-state index contributed by atoms with van der Waals surface area (Å²) in [4.78, 5) is 9.08. The van der Waals surface area contributed by atoms with E-state index in [1.165, 1.54) is 0 Å². The number of aryl methyl sites for hydroxylation is 1. The topological polar surface area (TPSA) is 56.3 Å². The van der Waals surface area contributed by atoms with Gasteiger partial charge in [-0.3, -0.25) is 0 Å². The second kappa shape index (κ2) is 6.92. The van der Waals surface area contributed by atoms with E-state index in [9.17, 15) is 0 Å². The summed E-state index contributed by atoms with van der Waals surface area (Å²) in [6.45, 7) is 4.95. The molecule has 1 aromatic heterocycles. The summed E-state index contributed by atoms with van der Waals surface area (Å²) in [5, 5.41) is 3.29. The molecule has 0 saturated carbocycles. The normalized spacial score (nSPS) is 10.3. The minimum absolute atomic E-state index is 0.629. The first-order valence-corrected chi connectivity index (χ1v) is 7.00. The van der Waals surface area contributed by atoms with Gasteiger partial charge in [-0.25, -0.2) is 9.97 Å². The molecule has 5 heteroatoms. The SMILES string of the molecule is CCCNc1cc(C)nc(-c2cccc(OC)c2OC)n1. The average Bonchev–Trinajstić information content (AvgIpc) is 2.51. The van der Waals surface area contributed by atoms with Crippen molar-refractivity contribution in [2.45, 2.75) is 20.3 Å². The number of methoxy groups -OCH3 is 2. The van der Waals surface area contributed by atoms with Gasteiger partial charge in [-0.1, -0.05) is 13.0 Å². The number of rotatable bonds is 6. The van der Waals surface area contributed by atoms with Crippen LogP contribution in [0.3, 0.4) is 0 Å². The Kier molecular flexibility index (Phi) is 4.98. The lowest BCUT2D eigenvalue weighted by Crippen LogP contribution is -2.05. The summed E-state index contributed by atoms with van der Waals surface area (Å²) in [5.74, 6) is 2.77. The van der Waals surface area contributed by atoms with Crippen LogP contribution in [0.25, 0.3) is 11.4 Å². The lowest BCUT2D eigenvalue weighted by atomic mass is 10.1. The second-order valence-electron chi connectivity index (χ2n) is 4.69. The van der Waals surface area contributed by atoms with Gasteiger partial charge in [0.25, 0.3) is 0 Å². The smallest absolute Gasteiger partial charge is 0.171 e. The molecule has 0 atom stereocenters. The summed E-state index contributed by atoms with van der Waals surface area (Å²) >= 11 is 0. The number of hydrogen-bond acceptors (Lipinski definition) is 5. The van der Waals surface area contributed by atoms with Crippen molar-refractivity contribution in [1.82, 2.24) is 9.97 Å². The predicted octanol–water partition coefficient (Wildman–Crippen LogP) is 3.29. The number of nitrogens with zero attached hydrogens (tertiary/aromatic N) is 2. The molecule has 0 aliphatic carbocycles. The predicted molar refractivity (Wildman–Crippen MR) is 84.1 cm³/mol. The zero-order valence-corrected chi connectivity index (χ0v) is 12.9. The molecule has 1 heterocycles. The standard InChI is InChI=1S/C16H21N3O2/c1-5-9-17-14-10-11(2)18-16(19-14)12-7-6-8-13(20-3)15(12)21-4/h6-8,10H,5,9H2,1-4H3,(H,17,18,19). The first-order valence-electron chi connectivity index (χ1n) is 7.00. The van der Waals surface area contributed by atoms with Crippen molar-refractivity contribution < 1.29 is 9.47 Å². The molecule has 5 nitrogen and oxygen atoms in total. The molecule has 0 unspecified atom stereocenters. The van der Waals surface area contributed by atoms with Gasteiger partial charge in [-0.15, -0.1) is 0 Å². The Balaban J connectivity index is 2.48. The molecule has 0 aliphatic heterocycles. The van der Waals surface area contributed by atoms with Crippen molar-refractivity contribution in [3.63, 3.8) is 0 Å². The van der Waals surface area contributed by atoms with Gasteiger partial charge in [0.1, 0.15) is 5.82 Å². The van der Waals surface area contributed by atoms with Crippen molar-refractivity contribution in [3.8, 4) is 22.9 Å². The van der Waals surface area contributed by atoms with E-state index < -0.39 is 0 Å². The van der Waals surface area contributed by atoms with Crippen LogP contribution in [-0.4, -0.2) is 30.7 Å². The first kappa shape index (κ1) is 15.1. The van der Waals surface area contributed by atoms with Gasteiger partial charge in [0.05, 0.1) is 19.8 Å². The van der Waals surface area contributed by atoms with Crippen LogP contribution in [0.15, 0.2) is 24.3 Å². The van der Waals surface area contributed by atoms with Crippen molar-refractivity contribution in [2.75, 3.05) is 26.1 Å². The van der Waals surface area contributed by atoms with Crippen LogP contribution in [0.5, 0.6) is 11.5 Å². The minimum Gasteiger partial charge on any atom is -0.493 e. The highest BCUT2D eigenvalue weighted by molar-refractivity contribution is 5.69. The third-order valence-electron chi connectivity index (χ3n) is 3.05. The summed E-state index contributed by atoms with van der Waals surface area (Å²) in [6, 6.07) is 7.63. The first-order chi connectivity index (χ1) is 10.2. The summed E-state index contributed by atoms with van der Waals surface area (Å²) in [5.41, 5.74) is 1.73. The monoisotopic (exact) mass is 287 g/mol. The fraction of sp³-hybridized carbons (Fsp3) is 0.375. The van der Waals surface area contributed by atoms with E-state index >= 15 is 0 Å². The van der Waals surface area contributed by atoms with Crippen molar-refractivity contribution in [1.29, 1.82) is 0 Å². The Morgan fingerprint density at radius 1 is 1.14 bits per heavy atom. The van der Waals surface area contributed by atoms with Gasteiger partial charge in [0.15, 0.2) is 17.3 Å². The quantitative estimate of drug-likeness (QED) is 0.883. The van der Waals surface area contributed by atoms with Crippen molar-refractivity contribution in [2.24, 2.45) is 0 Å². The van der Waals surface area contributed by atoms with Crippen LogP contribution < -0.4 is 14.8 Å². The molecule has 21 heavy (non-hydrogen) atoms. The Morgan fingerprint density at radius 2 is 1.95 bits per heavy atom. The van der Waals surface area contributed by atoms with Crippen LogP contribution in [0.2, 0.25) is 0 Å². The minimum atomic E-state index is 0.629. The molecule has 0 aliphatic rings. The molecule has 2 rings (SSSR count). The maximum absolute atomic E-state index is 5.46. The zero-order valence-electron chi connectivity index (χ0n) is 12.9. The third-order valence-corrected chi connectivity index (χ3v) is 3.05. The van der Waals surface area contributed by atoms with Gasteiger partial charge >= 0.3 is 0 Å². The number of hydrogen-bond donors (Lipinski definition) is 1. The molecule has 1 N–H and O–H groups in total. The molecule has 0 saturated heterocycles. The van der Waals surface area contributed by atoms with Crippen LogP contribution in [0.1, 0.15) is 19.0 Å². The van der Waals surface area contributed by atoms with E-state index in [1.54, 1.807) is 14.2 Å². The number of para-hydroxylation sites is 1. The van der Waals surface area contributed by atoms with Crippen LogP contribution in [0, 0.1) is 6.92 Å². The number of ether oxygens (including phenoxy) is 2. The number of benzene rings is 1. The molecule has 112 valence electrons. The number of nitrogens with one attached hydrogen (secondary N) is 1. The maximum Gasteiger partial charge on any atom is 0.171 e. The Labute approximate surface area is 125 Å². The molecule has 0 fully saturated rings. The molecule has 0 spiro atoms. The molecule has 0 radical (unpaired) electrons.